The smallest absolute Gasteiger partial charge is 0.265 e. The molecule has 0 fully saturated rings. The van der Waals surface area contributed by atoms with Gasteiger partial charge in [0.15, 0.2) is 0 Å². The maximum Gasteiger partial charge on any atom is 0.265 e. The minimum atomic E-state index is -0.443. The molecule has 5 aromatic rings. The van der Waals surface area contributed by atoms with Gasteiger partial charge < -0.3 is 8.83 Å². The Hall–Kier alpha value is -6.44. The van der Waals surface area contributed by atoms with Crippen LogP contribution in [0.2, 0.25) is 0 Å². The van der Waals surface area contributed by atoms with E-state index >= 15 is 0 Å². The first-order valence-electron chi connectivity index (χ1n) is 12.4. The lowest BCUT2D eigenvalue weighted by molar-refractivity contribution is 0.0863. The van der Waals surface area contributed by atoms with E-state index in [1.165, 1.54) is 23.4 Å². The zero-order valence-corrected chi connectivity index (χ0v) is 21.2. The molecular weight excluding hydrogens is 544 g/mol. The number of hydrazone groups is 1. The summed E-state index contributed by atoms with van der Waals surface area (Å²) >= 11 is 0. The third kappa shape index (κ3) is 4.34. The summed E-state index contributed by atoms with van der Waals surface area (Å²) in [5.74, 6) is 0.318. The predicted octanol–water partition coefficient (Wildman–Crippen LogP) is 2.89. The molecule has 2 aliphatic rings. The van der Waals surface area contributed by atoms with E-state index < -0.39 is 23.6 Å². The molecule has 14 nitrogen and oxygen atoms in total. The van der Waals surface area contributed by atoms with Gasteiger partial charge in [0.1, 0.15) is 29.4 Å². The monoisotopic (exact) mass is 560 g/mol. The SMILES string of the molecule is O=C1NC(=O)c2cc(-c3ccc(/C=N\Nc4nncn4/N=C\c4ccc(-c5ccc6c(c5)C(=O)NC6=O)o4)o3)ccc21. The molecule has 0 unspecified atom stereocenters. The number of nitrogens with zero attached hydrogens (tertiary/aromatic N) is 5. The Bertz CT molecular complexity index is 2010. The quantitative estimate of drug-likeness (QED) is 0.153. The number of fused-ring (bicyclic) bond motifs is 2. The number of carbonyl (C=O) groups is 4. The number of hydrogen-bond donors (Lipinski definition) is 3. The van der Waals surface area contributed by atoms with E-state index in [4.69, 9.17) is 8.83 Å². The van der Waals surface area contributed by atoms with Crippen molar-refractivity contribution in [3.05, 3.63) is 101 Å². The Morgan fingerprint density at radius 2 is 1.24 bits per heavy atom. The molecule has 2 aliphatic heterocycles. The molecule has 3 aromatic heterocycles. The van der Waals surface area contributed by atoms with E-state index in [9.17, 15) is 19.2 Å². The highest BCUT2D eigenvalue weighted by atomic mass is 16.3. The van der Waals surface area contributed by atoms with E-state index in [1.54, 1.807) is 60.7 Å². The van der Waals surface area contributed by atoms with Gasteiger partial charge in [-0.2, -0.15) is 14.9 Å². The van der Waals surface area contributed by atoms with Crippen LogP contribution in [0.25, 0.3) is 22.6 Å². The van der Waals surface area contributed by atoms with Crippen LogP contribution in [0.5, 0.6) is 0 Å². The van der Waals surface area contributed by atoms with Gasteiger partial charge in [-0.05, 0) is 48.5 Å². The minimum Gasteiger partial charge on any atom is -0.455 e. The zero-order chi connectivity index (χ0) is 28.8. The van der Waals surface area contributed by atoms with Gasteiger partial charge in [0.2, 0.25) is 0 Å². The normalized spacial score (nSPS) is 14.1. The Balaban J connectivity index is 1.01. The number of benzene rings is 2. The van der Waals surface area contributed by atoms with Gasteiger partial charge >= 0.3 is 0 Å². The fraction of sp³-hybridized carbons (Fsp3) is 0. The average Bonchev–Trinajstić information content (AvgIpc) is 3.82. The fourth-order valence-corrected chi connectivity index (χ4v) is 4.46. The van der Waals surface area contributed by atoms with Gasteiger partial charge in [0.05, 0.1) is 34.7 Å². The van der Waals surface area contributed by atoms with E-state index in [0.29, 0.717) is 56.4 Å². The molecule has 0 aliphatic carbocycles. The van der Waals surface area contributed by atoms with E-state index in [0.717, 1.165) is 0 Å². The first-order chi connectivity index (χ1) is 20.4. The van der Waals surface area contributed by atoms with Crippen molar-refractivity contribution in [2.75, 3.05) is 5.43 Å². The third-order valence-electron chi connectivity index (χ3n) is 6.49. The highest BCUT2D eigenvalue weighted by molar-refractivity contribution is 6.22. The van der Waals surface area contributed by atoms with E-state index in [1.807, 2.05) is 0 Å². The largest absolute Gasteiger partial charge is 0.455 e. The number of rotatable bonds is 7. The third-order valence-corrected chi connectivity index (χ3v) is 6.49. The second kappa shape index (κ2) is 9.63. The number of furan rings is 2. The van der Waals surface area contributed by atoms with Crippen LogP contribution < -0.4 is 16.1 Å². The summed E-state index contributed by atoms with van der Waals surface area (Å²) in [6.45, 7) is 0. The summed E-state index contributed by atoms with van der Waals surface area (Å²) in [4.78, 5) is 47.4. The molecule has 2 aromatic carbocycles. The predicted molar refractivity (Wildman–Crippen MR) is 146 cm³/mol. The average molecular weight is 560 g/mol. The number of hydrogen-bond acceptors (Lipinski definition) is 11. The summed E-state index contributed by atoms with van der Waals surface area (Å²) < 4.78 is 13.0. The lowest BCUT2D eigenvalue weighted by atomic mass is 10.0. The number of anilines is 1. The molecule has 14 heteroatoms. The van der Waals surface area contributed by atoms with Crippen molar-refractivity contribution in [1.82, 2.24) is 25.5 Å². The van der Waals surface area contributed by atoms with Gasteiger partial charge in [-0.3, -0.25) is 29.8 Å². The van der Waals surface area contributed by atoms with Crippen LogP contribution in [-0.4, -0.2) is 50.9 Å². The number of aromatic nitrogens is 3. The van der Waals surface area contributed by atoms with Crippen molar-refractivity contribution in [2.45, 2.75) is 0 Å². The van der Waals surface area contributed by atoms with Gasteiger partial charge in [0.25, 0.3) is 29.6 Å². The van der Waals surface area contributed by atoms with Crippen LogP contribution in [0.3, 0.4) is 0 Å². The van der Waals surface area contributed by atoms with Crippen molar-refractivity contribution in [2.24, 2.45) is 10.2 Å². The fourth-order valence-electron chi connectivity index (χ4n) is 4.46. The number of amides is 4. The number of imide groups is 2. The van der Waals surface area contributed by atoms with E-state index in [2.05, 4.69) is 36.5 Å². The molecular formula is C28H16N8O6. The molecule has 0 saturated heterocycles. The highest BCUT2D eigenvalue weighted by Gasteiger charge is 2.28. The number of carbonyl (C=O) groups excluding carboxylic acids is 4. The molecule has 7 rings (SSSR count). The summed E-state index contributed by atoms with van der Waals surface area (Å²) in [6, 6.07) is 16.6. The lowest BCUT2D eigenvalue weighted by Gasteiger charge is -2.00. The molecule has 0 radical (unpaired) electrons. The van der Waals surface area contributed by atoms with Crippen LogP contribution in [0.15, 0.2) is 86.0 Å². The van der Waals surface area contributed by atoms with Crippen molar-refractivity contribution in [1.29, 1.82) is 0 Å². The van der Waals surface area contributed by atoms with Crippen LogP contribution in [-0.2, 0) is 0 Å². The molecule has 4 amide bonds. The molecule has 3 N–H and O–H groups in total. The molecule has 0 atom stereocenters. The zero-order valence-electron chi connectivity index (χ0n) is 21.2. The van der Waals surface area contributed by atoms with E-state index in [-0.39, 0.29) is 5.95 Å². The first-order valence-corrected chi connectivity index (χ1v) is 12.4. The molecule has 0 spiro atoms. The number of nitrogens with one attached hydrogen (secondary N) is 3. The first kappa shape index (κ1) is 24.6. The molecule has 5 heterocycles. The Labute approximate surface area is 234 Å². The second-order valence-corrected chi connectivity index (χ2v) is 9.10. The Morgan fingerprint density at radius 3 is 1.83 bits per heavy atom. The molecule has 0 saturated carbocycles. The summed E-state index contributed by atoms with van der Waals surface area (Å²) in [5.41, 5.74) is 5.26. The summed E-state index contributed by atoms with van der Waals surface area (Å²) in [6.07, 6.45) is 4.25. The maximum absolute atomic E-state index is 12.0. The van der Waals surface area contributed by atoms with Crippen molar-refractivity contribution in [3.8, 4) is 22.6 Å². The van der Waals surface area contributed by atoms with Crippen molar-refractivity contribution >= 4 is 42.0 Å². The van der Waals surface area contributed by atoms with Crippen LogP contribution in [0.4, 0.5) is 5.95 Å². The van der Waals surface area contributed by atoms with Gasteiger partial charge in [-0.25, -0.2) is 5.43 Å². The molecule has 0 bridgehead atoms. The van der Waals surface area contributed by atoms with Crippen LogP contribution in [0, 0.1) is 0 Å². The highest BCUT2D eigenvalue weighted by Crippen LogP contribution is 2.28. The minimum absolute atomic E-state index is 0.213. The van der Waals surface area contributed by atoms with Gasteiger partial charge in [0, 0.05) is 11.1 Å². The summed E-state index contributed by atoms with van der Waals surface area (Å²) in [7, 11) is 0. The van der Waals surface area contributed by atoms with Crippen molar-refractivity contribution < 1.29 is 28.0 Å². The van der Waals surface area contributed by atoms with Gasteiger partial charge in [-0.15, -0.1) is 10.2 Å². The summed E-state index contributed by atoms with van der Waals surface area (Å²) in [5, 5.41) is 20.7. The van der Waals surface area contributed by atoms with Crippen LogP contribution in [0.1, 0.15) is 53.0 Å². The molecule has 42 heavy (non-hydrogen) atoms. The van der Waals surface area contributed by atoms with Gasteiger partial charge in [-0.1, -0.05) is 12.1 Å². The Morgan fingerprint density at radius 1 is 0.690 bits per heavy atom. The van der Waals surface area contributed by atoms with Crippen molar-refractivity contribution in [3.63, 3.8) is 0 Å². The second-order valence-electron chi connectivity index (χ2n) is 9.10. The lowest BCUT2D eigenvalue weighted by Crippen LogP contribution is -2.19. The Kier molecular flexibility index (Phi) is 5.64. The van der Waals surface area contributed by atoms with Crippen LogP contribution >= 0.6 is 0 Å². The standard InChI is InChI=1S/C28H16N8O6/c37-24-18-5-1-14(9-20(18)26(39)32-24)22-7-3-16(41-22)11-29-34-28-35-30-13-36(28)31-12-17-4-8-23(42-17)15-2-6-19-21(10-15)27(40)33-25(19)38/h1-13H,(H,34,35)(H,32,37,39)(H,33,38,40)/b29-11-,31-12-. The molecule has 204 valence electrons. The topological polar surface area (TPSA) is 186 Å². The maximum atomic E-state index is 12.0.